The fourth-order valence-electron chi connectivity index (χ4n) is 1.39. The molecule has 0 aromatic carbocycles. The van der Waals surface area contributed by atoms with Crippen LogP contribution in [0.5, 0.6) is 0 Å². The predicted molar refractivity (Wildman–Crippen MR) is 51.6 cm³/mol. The molecule has 64 valence electrons. The first-order valence-corrected chi connectivity index (χ1v) is 4.44. The monoisotopic (exact) mass is 172 g/mol. The van der Waals surface area contributed by atoms with Crippen molar-refractivity contribution in [3.8, 4) is 0 Å². The van der Waals surface area contributed by atoms with Gasteiger partial charge in [-0.05, 0) is 33.7 Å². The first-order chi connectivity index (χ1) is 5.00. The van der Waals surface area contributed by atoms with Gasteiger partial charge >= 0.3 is 0 Å². The van der Waals surface area contributed by atoms with Crippen LogP contribution in [0, 0.1) is 0 Å². The third kappa shape index (κ3) is 1.40. The van der Waals surface area contributed by atoms with Crippen molar-refractivity contribution in [2.75, 3.05) is 7.05 Å². The van der Waals surface area contributed by atoms with Crippen LogP contribution in [0.3, 0.4) is 0 Å². The number of likely N-dealkylation sites (N-methyl/N-ethyl adjacent to an activating group) is 1. The smallest absolute Gasteiger partial charge is 0.0934 e. The highest BCUT2D eigenvalue weighted by molar-refractivity contribution is 7.80. The molecule has 0 spiro atoms. The minimum Gasteiger partial charge on any atom is -0.392 e. The molecule has 0 heterocycles. The molecule has 0 bridgehead atoms. The van der Waals surface area contributed by atoms with Crippen LogP contribution in [0.15, 0.2) is 0 Å². The molecule has 2 N–H and O–H groups in total. The van der Waals surface area contributed by atoms with Crippen molar-refractivity contribution in [3.63, 3.8) is 0 Å². The zero-order valence-electron chi connectivity index (χ0n) is 7.42. The molecule has 1 rings (SSSR count). The Morgan fingerprint density at radius 2 is 2.00 bits per heavy atom. The van der Waals surface area contributed by atoms with E-state index in [1.807, 2.05) is 0 Å². The molecule has 11 heavy (non-hydrogen) atoms. The Balaban J connectivity index is 2.65. The van der Waals surface area contributed by atoms with Gasteiger partial charge in [-0.1, -0.05) is 12.2 Å². The second-order valence-electron chi connectivity index (χ2n) is 3.60. The Labute approximate surface area is 73.7 Å². The van der Waals surface area contributed by atoms with Gasteiger partial charge in [0.05, 0.1) is 10.5 Å². The maximum Gasteiger partial charge on any atom is 0.0934 e. The molecule has 2 nitrogen and oxygen atoms in total. The van der Waals surface area contributed by atoms with Crippen LogP contribution in [0.25, 0.3) is 0 Å². The molecule has 0 unspecified atom stereocenters. The van der Waals surface area contributed by atoms with Crippen molar-refractivity contribution in [2.45, 2.75) is 38.3 Å². The number of thiocarbonyl (C=S) groups is 1. The molecule has 1 saturated carbocycles. The van der Waals surface area contributed by atoms with Gasteiger partial charge in [0.15, 0.2) is 0 Å². The first-order valence-electron chi connectivity index (χ1n) is 4.03. The summed E-state index contributed by atoms with van der Waals surface area (Å²) in [6.45, 7) is 4.33. The molecule has 3 heteroatoms. The van der Waals surface area contributed by atoms with Gasteiger partial charge in [-0.3, -0.25) is 4.90 Å². The van der Waals surface area contributed by atoms with Crippen molar-refractivity contribution in [2.24, 2.45) is 5.73 Å². The lowest BCUT2D eigenvalue weighted by atomic mass is 10.2. The van der Waals surface area contributed by atoms with Gasteiger partial charge in [-0.2, -0.15) is 0 Å². The average molecular weight is 172 g/mol. The van der Waals surface area contributed by atoms with Gasteiger partial charge in [0, 0.05) is 6.04 Å². The van der Waals surface area contributed by atoms with Crippen LogP contribution in [0.4, 0.5) is 0 Å². The summed E-state index contributed by atoms with van der Waals surface area (Å²) >= 11 is 5.03. The van der Waals surface area contributed by atoms with E-state index in [0.717, 1.165) is 12.8 Å². The van der Waals surface area contributed by atoms with Crippen LogP contribution in [-0.2, 0) is 0 Å². The molecule has 0 aliphatic heterocycles. The highest BCUT2D eigenvalue weighted by atomic mass is 32.1. The van der Waals surface area contributed by atoms with Gasteiger partial charge < -0.3 is 5.73 Å². The normalized spacial score (nSPS) is 20.8. The Morgan fingerprint density at radius 1 is 1.55 bits per heavy atom. The largest absolute Gasteiger partial charge is 0.392 e. The minimum atomic E-state index is 0.0729. The Hall–Kier alpha value is -0.150. The van der Waals surface area contributed by atoms with E-state index >= 15 is 0 Å². The summed E-state index contributed by atoms with van der Waals surface area (Å²) in [5.74, 6) is 0. The Bertz CT molecular complexity index is 173. The maximum absolute atomic E-state index is 5.66. The standard InChI is InChI=1S/C8H16N2S/c1-6(2)10(3)8(4-5-8)7(9)11/h6H,4-5H2,1-3H3,(H2,9,11). The van der Waals surface area contributed by atoms with Crippen molar-refractivity contribution in [3.05, 3.63) is 0 Å². The summed E-state index contributed by atoms with van der Waals surface area (Å²) in [5.41, 5.74) is 5.73. The maximum atomic E-state index is 5.66. The highest BCUT2D eigenvalue weighted by Gasteiger charge is 2.49. The fraction of sp³-hybridized carbons (Fsp3) is 0.875. The van der Waals surface area contributed by atoms with Crippen molar-refractivity contribution in [1.29, 1.82) is 0 Å². The van der Waals surface area contributed by atoms with E-state index in [4.69, 9.17) is 18.0 Å². The van der Waals surface area contributed by atoms with Crippen LogP contribution in [0.1, 0.15) is 26.7 Å². The average Bonchev–Trinajstić information content (AvgIpc) is 2.65. The summed E-state index contributed by atoms with van der Waals surface area (Å²) in [4.78, 5) is 2.93. The van der Waals surface area contributed by atoms with E-state index in [2.05, 4.69) is 25.8 Å². The molecule has 1 aliphatic rings. The number of hydrogen-bond donors (Lipinski definition) is 1. The molecule has 0 atom stereocenters. The topological polar surface area (TPSA) is 29.3 Å². The summed E-state index contributed by atoms with van der Waals surface area (Å²) in [6, 6.07) is 0.527. The van der Waals surface area contributed by atoms with E-state index in [-0.39, 0.29) is 5.54 Å². The molecule has 0 amide bonds. The van der Waals surface area contributed by atoms with Crippen molar-refractivity contribution >= 4 is 17.2 Å². The van der Waals surface area contributed by atoms with Crippen LogP contribution in [0.2, 0.25) is 0 Å². The fourth-order valence-corrected chi connectivity index (χ4v) is 1.73. The van der Waals surface area contributed by atoms with Crippen LogP contribution >= 0.6 is 12.2 Å². The molecule has 0 saturated heterocycles. The van der Waals surface area contributed by atoms with Crippen molar-refractivity contribution < 1.29 is 0 Å². The summed E-state index contributed by atoms with van der Waals surface area (Å²) in [5, 5.41) is 0. The van der Waals surface area contributed by atoms with Gasteiger partial charge in [0.1, 0.15) is 0 Å². The SMILES string of the molecule is CC(C)N(C)C1(C(N)=S)CC1. The number of nitrogens with two attached hydrogens (primary N) is 1. The molecular weight excluding hydrogens is 156 g/mol. The van der Waals surface area contributed by atoms with E-state index in [0.29, 0.717) is 11.0 Å². The summed E-state index contributed by atoms with van der Waals surface area (Å²) < 4.78 is 0. The third-order valence-corrected chi connectivity index (χ3v) is 3.01. The lowest BCUT2D eigenvalue weighted by Crippen LogP contribution is -2.47. The number of hydrogen-bond acceptors (Lipinski definition) is 2. The van der Waals surface area contributed by atoms with Gasteiger partial charge in [0.25, 0.3) is 0 Å². The molecule has 0 radical (unpaired) electrons. The quantitative estimate of drug-likeness (QED) is 0.647. The van der Waals surface area contributed by atoms with Crippen molar-refractivity contribution in [1.82, 2.24) is 4.90 Å². The van der Waals surface area contributed by atoms with E-state index in [9.17, 15) is 0 Å². The molecule has 0 aromatic heterocycles. The van der Waals surface area contributed by atoms with Crippen LogP contribution in [-0.4, -0.2) is 28.5 Å². The lowest BCUT2D eigenvalue weighted by molar-refractivity contribution is 0.227. The Morgan fingerprint density at radius 3 is 2.09 bits per heavy atom. The second-order valence-corrected chi connectivity index (χ2v) is 4.04. The minimum absolute atomic E-state index is 0.0729. The van der Waals surface area contributed by atoms with E-state index in [1.165, 1.54) is 0 Å². The van der Waals surface area contributed by atoms with E-state index in [1.54, 1.807) is 0 Å². The zero-order valence-corrected chi connectivity index (χ0v) is 8.24. The molecular formula is C8H16N2S. The second kappa shape index (κ2) is 2.72. The zero-order chi connectivity index (χ0) is 8.65. The van der Waals surface area contributed by atoms with Gasteiger partial charge in [-0.15, -0.1) is 0 Å². The lowest BCUT2D eigenvalue weighted by Gasteiger charge is -2.30. The summed E-state index contributed by atoms with van der Waals surface area (Å²) in [6.07, 6.45) is 2.27. The molecule has 1 aliphatic carbocycles. The first kappa shape index (κ1) is 8.94. The predicted octanol–water partition coefficient (Wildman–Crippen LogP) is 1.15. The Kier molecular flexibility index (Phi) is 2.21. The van der Waals surface area contributed by atoms with Gasteiger partial charge in [-0.25, -0.2) is 0 Å². The van der Waals surface area contributed by atoms with E-state index < -0.39 is 0 Å². The van der Waals surface area contributed by atoms with Gasteiger partial charge in [0.2, 0.25) is 0 Å². The molecule has 1 fully saturated rings. The highest BCUT2D eigenvalue weighted by Crippen LogP contribution is 2.42. The van der Waals surface area contributed by atoms with Crippen LogP contribution < -0.4 is 5.73 Å². The summed E-state index contributed by atoms with van der Waals surface area (Å²) in [7, 11) is 2.09. The third-order valence-electron chi connectivity index (χ3n) is 2.63. The number of nitrogens with zero attached hydrogens (tertiary/aromatic N) is 1. The number of rotatable bonds is 3. The molecule has 0 aromatic rings.